The number of rotatable bonds is 8. The van der Waals surface area contributed by atoms with E-state index in [1.165, 1.54) is 0 Å². The van der Waals surface area contributed by atoms with Gasteiger partial charge in [-0.05, 0) is 0 Å². The van der Waals surface area contributed by atoms with E-state index in [2.05, 4.69) is 0 Å². The van der Waals surface area contributed by atoms with Crippen molar-refractivity contribution in [3.63, 3.8) is 0 Å². The molecule has 0 aliphatic carbocycles. The fourth-order valence-corrected chi connectivity index (χ4v) is 4.06. The molecule has 0 saturated carbocycles. The number of alkyl halides is 2. The third kappa shape index (κ3) is 7.58. The Morgan fingerprint density at radius 1 is 1.18 bits per heavy atom. The van der Waals surface area contributed by atoms with E-state index in [1.807, 2.05) is 0 Å². The van der Waals surface area contributed by atoms with Gasteiger partial charge in [0.1, 0.15) is 9.84 Å². The summed E-state index contributed by atoms with van der Waals surface area (Å²) in [5.74, 6) is -1.31. The van der Waals surface area contributed by atoms with Crippen LogP contribution in [-0.2, 0) is 19.9 Å². The lowest BCUT2D eigenvalue weighted by molar-refractivity contribution is 0.120. The molecule has 0 unspecified atom stereocenters. The monoisotopic (exact) mass is 294 g/mol. The van der Waals surface area contributed by atoms with Crippen LogP contribution < -0.4 is 5.73 Å². The summed E-state index contributed by atoms with van der Waals surface area (Å²) in [6.07, 6.45) is -1.95. The first kappa shape index (κ1) is 16.7. The zero-order chi connectivity index (χ0) is 13.7. The lowest BCUT2D eigenvalue weighted by Crippen LogP contribution is -2.41. The number of nitrogens with zero attached hydrogens (tertiary/aromatic N) is 1. The van der Waals surface area contributed by atoms with E-state index >= 15 is 0 Å². The molecule has 0 aromatic carbocycles. The number of sulfonamides is 1. The second-order valence-corrected chi connectivity index (χ2v) is 7.83. The molecule has 0 spiro atoms. The molecule has 0 amide bonds. The number of hydrogen-bond donors (Lipinski definition) is 1. The molecule has 0 radical (unpaired) electrons. The van der Waals surface area contributed by atoms with Crippen LogP contribution in [0.25, 0.3) is 0 Å². The quantitative estimate of drug-likeness (QED) is 0.612. The highest BCUT2D eigenvalue weighted by Gasteiger charge is 2.25. The van der Waals surface area contributed by atoms with Gasteiger partial charge in [-0.25, -0.2) is 25.6 Å². The normalized spacial score (nSPS) is 13.5. The summed E-state index contributed by atoms with van der Waals surface area (Å²) in [4.78, 5) is 0. The van der Waals surface area contributed by atoms with E-state index in [-0.39, 0.29) is 13.1 Å². The minimum Gasteiger partial charge on any atom is -0.329 e. The van der Waals surface area contributed by atoms with Crippen LogP contribution in [0.1, 0.15) is 0 Å². The van der Waals surface area contributed by atoms with Gasteiger partial charge in [-0.2, -0.15) is 4.31 Å². The van der Waals surface area contributed by atoms with Crippen LogP contribution in [0.15, 0.2) is 0 Å². The number of nitrogens with two attached hydrogens (primary N) is 1. The van der Waals surface area contributed by atoms with Crippen molar-refractivity contribution in [1.82, 2.24) is 4.31 Å². The Balaban J connectivity index is 4.72. The Morgan fingerprint density at radius 3 is 2.06 bits per heavy atom. The van der Waals surface area contributed by atoms with Crippen LogP contribution in [0, 0.1) is 0 Å². The molecule has 0 rings (SSSR count). The van der Waals surface area contributed by atoms with Crippen molar-refractivity contribution in [3.8, 4) is 0 Å². The van der Waals surface area contributed by atoms with Gasteiger partial charge in [-0.1, -0.05) is 0 Å². The average molecular weight is 294 g/mol. The minimum absolute atomic E-state index is 0.106. The first-order chi connectivity index (χ1) is 7.58. The predicted octanol–water partition coefficient (Wildman–Crippen LogP) is -1.11. The molecular weight excluding hydrogens is 278 g/mol. The van der Waals surface area contributed by atoms with Gasteiger partial charge in [0.2, 0.25) is 10.0 Å². The summed E-state index contributed by atoms with van der Waals surface area (Å²) < 4.78 is 69.6. The van der Waals surface area contributed by atoms with E-state index in [4.69, 9.17) is 5.73 Å². The van der Waals surface area contributed by atoms with E-state index in [0.29, 0.717) is 4.31 Å². The summed E-state index contributed by atoms with van der Waals surface area (Å²) >= 11 is 0. The topological polar surface area (TPSA) is 97.5 Å². The van der Waals surface area contributed by atoms with E-state index in [1.54, 1.807) is 0 Å². The van der Waals surface area contributed by atoms with Gasteiger partial charge in [0.05, 0.1) is 18.1 Å². The minimum atomic E-state index is -4.02. The van der Waals surface area contributed by atoms with Crippen molar-refractivity contribution in [2.24, 2.45) is 5.73 Å². The van der Waals surface area contributed by atoms with Crippen molar-refractivity contribution >= 4 is 19.9 Å². The molecule has 17 heavy (non-hydrogen) atoms. The molecule has 6 nitrogen and oxygen atoms in total. The molecule has 0 aliphatic rings. The molecule has 0 heterocycles. The second-order valence-electron chi connectivity index (χ2n) is 3.48. The highest BCUT2D eigenvalue weighted by atomic mass is 32.2. The lowest BCUT2D eigenvalue weighted by Gasteiger charge is -2.20. The molecule has 10 heteroatoms. The van der Waals surface area contributed by atoms with Crippen LogP contribution in [0.3, 0.4) is 0 Å². The van der Waals surface area contributed by atoms with Crippen molar-refractivity contribution < 1.29 is 25.6 Å². The standard InChI is InChI=1S/C7H16F2N2O4S2/c1-16(12,13)4-5-17(14,15)11(3-2-10)6-7(8)9/h7H,2-6,10H2,1H3. The number of hydrogen-bond acceptors (Lipinski definition) is 5. The number of sulfone groups is 1. The molecule has 104 valence electrons. The highest BCUT2D eigenvalue weighted by Crippen LogP contribution is 2.06. The average Bonchev–Trinajstić information content (AvgIpc) is 2.13. The van der Waals surface area contributed by atoms with Gasteiger partial charge in [0, 0.05) is 19.3 Å². The molecule has 0 aromatic rings. The van der Waals surface area contributed by atoms with Gasteiger partial charge in [-0.15, -0.1) is 0 Å². The summed E-state index contributed by atoms with van der Waals surface area (Å²) in [6, 6.07) is 0. The van der Waals surface area contributed by atoms with Crippen molar-refractivity contribution in [2.45, 2.75) is 6.43 Å². The third-order valence-electron chi connectivity index (χ3n) is 1.83. The van der Waals surface area contributed by atoms with Crippen molar-refractivity contribution in [3.05, 3.63) is 0 Å². The Kier molecular flexibility index (Phi) is 6.45. The maximum absolute atomic E-state index is 12.1. The molecule has 0 bridgehead atoms. The summed E-state index contributed by atoms with van der Waals surface area (Å²) in [7, 11) is -7.48. The van der Waals surface area contributed by atoms with Crippen LogP contribution in [0.2, 0.25) is 0 Å². The van der Waals surface area contributed by atoms with Gasteiger partial charge < -0.3 is 5.73 Å². The van der Waals surface area contributed by atoms with Crippen LogP contribution in [0.4, 0.5) is 8.78 Å². The Labute approximate surface area is 99.7 Å². The van der Waals surface area contributed by atoms with Crippen LogP contribution in [0.5, 0.6) is 0 Å². The molecule has 2 N–H and O–H groups in total. The van der Waals surface area contributed by atoms with E-state index in [9.17, 15) is 25.6 Å². The first-order valence-corrected chi connectivity index (χ1v) is 8.39. The van der Waals surface area contributed by atoms with Crippen molar-refractivity contribution in [1.29, 1.82) is 0 Å². The second kappa shape index (κ2) is 6.57. The van der Waals surface area contributed by atoms with Gasteiger partial charge in [0.25, 0.3) is 6.43 Å². The van der Waals surface area contributed by atoms with Crippen LogP contribution >= 0.6 is 0 Å². The molecule has 0 fully saturated rings. The molecular formula is C7H16F2N2O4S2. The fourth-order valence-electron chi connectivity index (χ4n) is 1.03. The Bertz CT molecular complexity index is 421. The smallest absolute Gasteiger partial charge is 0.252 e. The van der Waals surface area contributed by atoms with Gasteiger partial charge in [0.15, 0.2) is 0 Å². The molecule has 0 atom stereocenters. The number of halogens is 2. The SMILES string of the molecule is CS(=O)(=O)CCS(=O)(=O)N(CCN)CC(F)F. The predicted molar refractivity (Wildman–Crippen MR) is 60.1 cm³/mol. The first-order valence-electron chi connectivity index (χ1n) is 4.72. The third-order valence-corrected chi connectivity index (χ3v) is 4.87. The molecule has 0 aliphatic heterocycles. The molecule has 0 aromatic heterocycles. The maximum Gasteiger partial charge on any atom is 0.252 e. The maximum atomic E-state index is 12.1. The Hall–Kier alpha value is -0.320. The highest BCUT2D eigenvalue weighted by molar-refractivity contribution is 7.93. The zero-order valence-corrected chi connectivity index (χ0v) is 11.0. The molecule has 0 saturated heterocycles. The van der Waals surface area contributed by atoms with Crippen molar-refractivity contribution in [2.75, 3.05) is 37.4 Å². The zero-order valence-electron chi connectivity index (χ0n) is 9.34. The summed E-state index contributed by atoms with van der Waals surface area (Å²) in [6.45, 7) is -1.33. The largest absolute Gasteiger partial charge is 0.329 e. The van der Waals surface area contributed by atoms with Gasteiger partial charge in [-0.3, -0.25) is 0 Å². The van der Waals surface area contributed by atoms with Gasteiger partial charge >= 0.3 is 0 Å². The fraction of sp³-hybridized carbons (Fsp3) is 1.00. The van der Waals surface area contributed by atoms with E-state index in [0.717, 1.165) is 6.26 Å². The van der Waals surface area contributed by atoms with E-state index < -0.39 is 44.3 Å². The lowest BCUT2D eigenvalue weighted by atomic mass is 10.6. The van der Waals surface area contributed by atoms with Crippen LogP contribution in [-0.4, -0.2) is 65.0 Å². The summed E-state index contributed by atoms with van der Waals surface area (Å²) in [5, 5.41) is 0. The summed E-state index contributed by atoms with van der Waals surface area (Å²) in [5.41, 5.74) is 5.11. The Morgan fingerprint density at radius 2 is 1.71 bits per heavy atom.